The predicted octanol–water partition coefficient (Wildman–Crippen LogP) is 3.40. The zero-order chi connectivity index (χ0) is 14.6. The minimum Gasteiger partial charge on any atom is -0.320 e. The van der Waals surface area contributed by atoms with Crippen LogP contribution in [0.5, 0.6) is 0 Å². The van der Waals surface area contributed by atoms with Gasteiger partial charge in [0.25, 0.3) is 0 Å². The molecule has 0 spiro atoms. The van der Waals surface area contributed by atoms with E-state index < -0.39 is 0 Å². The van der Waals surface area contributed by atoms with E-state index >= 15 is 0 Å². The molecule has 0 radical (unpaired) electrons. The first-order valence-electron chi connectivity index (χ1n) is 7.80. The van der Waals surface area contributed by atoms with Crippen molar-refractivity contribution in [1.82, 2.24) is 4.90 Å². The fraction of sp³-hybridized carbons (Fsp3) is 0.556. The number of nitrogens with zero attached hydrogens (tertiary/aromatic N) is 1. The van der Waals surface area contributed by atoms with Crippen molar-refractivity contribution in [2.75, 3.05) is 19.6 Å². The molecule has 0 amide bonds. The van der Waals surface area contributed by atoms with Crippen LogP contribution in [0.1, 0.15) is 50.7 Å². The molecule has 0 aliphatic rings. The van der Waals surface area contributed by atoms with Crippen LogP contribution in [0.25, 0.3) is 0 Å². The summed E-state index contributed by atoms with van der Waals surface area (Å²) in [7, 11) is 0. The SMILES string of the molecule is CCCCN(CCCC)Cc1cccc(C#CCN)c1. The van der Waals surface area contributed by atoms with E-state index in [1.807, 2.05) is 0 Å². The first-order chi connectivity index (χ1) is 9.80. The Balaban J connectivity index is 2.66. The summed E-state index contributed by atoms with van der Waals surface area (Å²) >= 11 is 0. The smallest absolute Gasteiger partial charge is 0.0555 e. The van der Waals surface area contributed by atoms with Gasteiger partial charge >= 0.3 is 0 Å². The topological polar surface area (TPSA) is 29.3 Å². The minimum absolute atomic E-state index is 0.420. The van der Waals surface area contributed by atoms with Crippen molar-refractivity contribution in [3.8, 4) is 11.8 Å². The van der Waals surface area contributed by atoms with Crippen LogP contribution in [-0.4, -0.2) is 24.5 Å². The second-order valence-electron chi connectivity index (χ2n) is 5.19. The summed E-state index contributed by atoms with van der Waals surface area (Å²) in [6.07, 6.45) is 5.06. The molecular weight excluding hydrogens is 244 g/mol. The van der Waals surface area contributed by atoms with Gasteiger partial charge in [0.1, 0.15) is 0 Å². The van der Waals surface area contributed by atoms with E-state index in [1.54, 1.807) is 0 Å². The standard InChI is InChI=1S/C18H28N2/c1-3-5-13-20(14-6-4-2)16-18-10-7-9-17(15-18)11-8-12-19/h7,9-10,15H,3-6,12-14,16,19H2,1-2H3. The first kappa shape index (κ1) is 16.8. The van der Waals surface area contributed by atoms with Crippen molar-refractivity contribution in [2.45, 2.75) is 46.1 Å². The molecule has 20 heavy (non-hydrogen) atoms. The number of rotatable bonds is 8. The van der Waals surface area contributed by atoms with Gasteiger partial charge in [0.2, 0.25) is 0 Å². The van der Waals surface area contributed by atoms with Crippen LogP contribution in [0.4, 0.5) is 0 Å². The Morgan fingerprint density at radius 1 is 1.10 bits per heavy atom. The van der Waals surface area contributed by atoms with Crippen molar-refractivity contribution in [3.63, 3.8) is 0 Å². The molecular formula is C18H28N2. The summed E-state index contributed by atoms with van der Waals surface area (Å²) in [6, 6.07) is 8.52. The van der Waals surface area contributed by atoms with E-state index in [0.29, 0.717) is 6.54 Å². The van der Waals surface area contributed by atoms with Crippen LogP contribution in [0.3, 0.4) is 0 Å². The van der Waals surface area contributed by atoms with Gasteiger partial charge in [0.05, 0.1) is 6.54 Å². The molecule has 0 atom stereocenters. The van der Waals surface area contributed by atoms with Gasteiger partial charge in [-0.05, 0) is 43.6 Å². The number of hydrogen-bond donors (Lipinski definition) is 1. The summed E-state index contributed by atoms with van der Waals surface area (Å²) in [5.74, 6) is 6.03. The normalized spacial score (nSPS) is 10.4. The van der Waals surface area contributed by atoms with Crippen molar-refractivity contribution in [1.29, 1.82) is 0 Å². The van der Waals surface area contributed by atoms with Gasteiger partial charge in [0.15, 0.2) is 0 Å². The maximum atomic E-state index is 5.42. The van der Waals surface area contributed by atoms with Gasteiger partial charge in [0, 0.05) is 12.1 Å². The molecule has 0 fully saturated rings. The summed E-state index contributed by atoms with van der Waals surface area (Å²) in [5, 5.41) is 0. The maximum Gasteiger partial charge on any atom is 0.0555 e. The summed E-state index contributed by atoms with van der Waals surface area (Å²) in [6.45, 7) is 8.33. The Morgan fingerprint density at radius 2 is 1.80 bits per heavy atom. The van der Waals surface area contributed by atoms with Crippen LogP contribution in [0, 0.1) is 11.8 Å². The van der Waals surface area contributed by atoms with Crippen LogP contribution in [-0.2, 0) is 6.54 Å². The molecule has 0 saturated carbocycles. The van der Waals surface area contributed by atoms with Crippen LogP contribution < -0.4 is 5.73 Å². The summed E-state index contributed by atoms with van der Waals surface area (Å²) in [5.41, 5.74) is 7.84. The lowest BCUT2D eigenvalue weighted by molar-refractivity contribution is 0.257. The molecule has 1 aromatic rings. The highest BCUT2D eigenvalue weighted by Gasteiger charge is 2.05. The van der Waals surface area contributed by atoms with E-state index in [9.17, 15) is 0 Å². The quantitative estimate of drug-likeness (QED) is 0.735. The number of hydrogen-bond acceptors (Lipinski definition) is 2. The van der Waals surface area contributed by atoms with Gasteiger partial charge in [-0.1, -0.05) is 50.7 Å². The van der Waals surface area contributed by atoms with Crippen LogP contribution in [0.15, 0.2) is 24.3 Å². The van der Waals surface area contributed by atoms with Crippen molar-refractivity contribution < 1.29 is 0 Å². The van der Waals surface area contributed by atoms with Gasteiger partial charge in [-0.2, -0.15) is 0 Å². The lowest BCUT2D eigenvalue weighted by Gasteiger charge is -2.22. The molecule has 0 aliphatic heterocycles. The van der Waals surface area contributed by atoms with Crippen LogP contribution in [0.2, 0.25) is 0 Å². The highest BCUT2D eigenvalue weighted by molar-refractivity contribution is 5.37. The Bertz CT molecular complexity index is 421. The Morgan fingerprint density at radius 3 is 2.40 bits per heavy atom. The zero-order valence-electron chi connectivity index (χ0n) is 13.0. The van der Waals surface area contributed by atoms with Crippen LogP contribution >= 0.6 is 0 Å². The van der Waals surface area contributed by atoms with Gasteiger partial charge < -0.3 is 5.73 Å². The average Bonchev–Trinajstić information content (AvgIpc) is 2.48. The third-order valence-electron chi connectivity index (χ3n) is 3.32. The Labute approximate surface area is 124 Å². The summed E-state index contributed by atoms with van der Waals surface area (Å²) in [4.78, 5) is 2.56. The molecule has 110 valence electrons. The lowest BCUT2D eigenvalue weighted by Crippen LogP contribution is -2.25. The van der Waals surface area contributed by atoms with Gasteiger partial charge in [-0.25, -0.2) is 0 Å². The molecule has 0 heterocycles. The molecule has 0 saturated heterocycles. The first-order valence-corrected chi connectivity index (χ1v) is 7.80. The van der Waals surface area contributed by atoms with E-state index in [0.717, 1.165) is 12.1 Å². The number of nitrogens with two attached hydrogens (primary N) is 1. The molecule has 1 aromatic carbocycles. The number of benzene rings is 1. The molecule has 2 N–H and O–H groups in total. The lowest BCUT2D eigenvalue weighted by atomic mass is 10.1. The third-order valence-corrected chi connectivity index (χ3v) is 3.32. The second kappa shape index (κ2) is 10.5. The molecule has 2 nitrogen and oxygen atoms in total. The third kappa shape index (κ3) is 6.75. The molecule has 0 aliphatic carbocycles. The Hall–Kier alpha value is -1.30. The van der Waals surface area contributed by atoms with Crippen molar-refractivity contribution >= 4 is 0 Å². The van der Waals surface area contributed by atoms with Gasteiger partial charge in [-0.3, -0.25) is 4.90 Å². The van der Waals surface area contributed by atoms with Crippen molar-refractivity contribution in [2.24, 2.45) is 5.73 Å². The predicted molar refractivity (Wildman–Crippen MR) is 87.5 cm³/mol. The molecule has 2 heteroatoms. The zero-order valence-corrected chi connectivity index (χ0v) is 13.0. The fourth-order valence-electron chi connectivity index (χ4n) is 2.19. The highest BCUT2D eigenvalue weighted by atomic mass is 15.1. The highest BCUT2D eigenvalue weighted by Crippen LogP contribution is 2.10. The maximum absolute atomic E-state index is 5.42. The van der Waals surface area contributed by atoms with E-state index in [1.165, 1.54) is 44.3 Å². The van der Waals surface area contributed by atoms with Gasteiger partial charge in [-0.15, -0.1) is 0 Å². The monoisotopic (exact) mass is 272 g/mol. The fourth-order valence-corrected chi connectivity index (χ4v) is 2.19. The second-order valence-corrected chi connectivity index (χ2v) is 5.19. The summed E-state index contributed by atoms with van der Waals surface area (Å²) < 4.78 is 0. The molecule has 1 rings (SSSR count). The molecule has 0 aromatic heterocycles. The van der Waals surface area contributed by atoms with Crippen molar-refractivity contribution in [3.05, 3.63) is 35.4 Å². The molecule has 0 bridgehead atoms. The largest absolute Gasteiger partial charge is 0.320 e. The van der Waals surface area contributed by atoms with E-state index in [2.05, 4.69) is 54.9 Å². The van der Waals surface area contributed by atoms with E-state index in [4.69, 9.17) is 5.73 Å². The average molecular weight is 272 g/mol. The Kier molecular flexibility index (Phi) is 8.78. The minimum atomic E-state index is 0.420. The van der Waals surface area contributed by atoms with E-state index in [-0.39, 0.29) is 0 Å². The number of unbranched alkanes of at least 4 members (excludes halogenated alkanes) is 2. The molecule has 0 unspecified atom stereocenters.